The van der Waals surface area contributed by atoms with Crippen LogP contribution < -0.4 is 20.7 Å². The van der Waals surface area contributed by atoms with E-state index in [-0.39, 0.29) is 0 Å². The highest BCUT2D eigenvalue weighted by atomic mass is 16.5. The zero-order chi connectivity index (χ0) is 22.2. The van der Waals surface area contributed by atoms with Gasteiger partial charge in [0.15, 0.2) is 5.82 Å². The van der Waals surface area contributed by atoms with Gasteiger partial charge in [-0.05, 0) is 50.0 Å². The number of anilines is 3. The third kappa shape index (κ3) is 3.84. The average molecular weight is 443 g/mol. The maximum atomic E-state index is 5.66. The van der Waals surface area contributed by atoms with Crippen molar-refractivity contribution in [1.29, 1.82) is 0 Å². The van der Waals surface area contributed by atoms with Crippen molar-refractivity contribution in [1.82, 2.24) is 30.0 Å². The van der Waals surface area contributed by atoms with Gasteiger partial charge in [-0.25, -0.2) is 15.0 Å². The summed E-state index contributed by atoms with van der Waals surface area (Å²) in [5.74, 6) is 1.96. The van der Waals surface area contributed by atoms with Gasteiger partial charge in [0, 0.05) is 42.2 Å². The molecule has 1 saturated heterocycles. The van der Waals surface area contributed by atoms with Crippen LogP contribution in [0.1, 0.15) is 24.4 Å². The van der Waals surface area contributed by atoms with Gasteiger partial charge >= 0.3 is 0 Å². The van der Waals surface area contributed by atoms with E-state index in [0.717, 1.165) is 71.6 Å². The van der Waals surface area contributed by atoms with Crippen LogP contribution in [-0.4, -0.2) is 51.0 Å². The summed E-state index contributed by atoms with van der Waals surface area (Å²) >= 11 is 0. The molecule has 1 aromatic carbocycles. The fourth-order valence-electron chi connectivity index (χ4n) is 4.56. The fraction of sp³-hybridized carbons (Fsp3) is 0.333. The Morgan fingerprint density at radius 3 is 2.91 bits per heavy atom. The Bertz CT molecular complexity index is 1310. The number of aromatic nitrogens is 5. The van der Waals surface area contributed by atoms with Crippen LogP contribution in [0.15, 0.2) is 42.9 Å². The number of nitrogens with one attached hydrogen (secondary N) is 3. The number of fused-ring (bicyclic) bond motifs is 2. The first-order chi connectivity index (χ1) is 16.2. The van der Waals surface area contributed by atoms with E-state index in [2.05, 4.69) is 45.0 Å². The first kappa shape index (κ1) is 19.9. The second-order valence-corrected chi connectivity index (χ2v) is 8.51. The largest absolute Gasteiger partial charge is 0.474 e. The predicted molar refractivity (Wildman–Crippen MR) is 128 cm³/mol. The highest BCUT2D eigenvalue weighted by Crippen LogP contribution is 2.36. The molecule has 0 aliphatic carbocycles. The molecular weight excluding hydrogens is 416 g/mol. The lowest BCUT2D eigenvalue weighted by Crippen LogP contribution is -2.29. The van der Waals surface area contributed by atoms with Crippen molar-refractivity contribution in [3.05, 3.63) is 48.4 Å². The SMILES string of the molecule is Cc1c(-c2ccc3cnc(Nc4ccn(C5CCNCC5)n4)nc3c2)cnc2c1NCCO2. The van der Waals surface area contributed by atoms with E-state index in [9.17, 15) is 0 Å². The van der Waals surface area contributed by atoms with E-state index in [4.69, 9.17) is 14.8 Å². The van der Waals surface area contributed by atoms with Crippen LogP contribution in [0.3, 0.4) is 0 Å². The molecule has 6 rings (SSSR count). The molecule has 0 radical (unpaired) electrons. The van der Waals surface area contributed by atoms with E-state index in [1.165, 1.54) is 0 Å². The molecule has 0 bridgehead atoms. The maximum Gasteiger partial charge on any atom is 0.237 e. The van der Waals surface area contributed by atoms with Gasteiger partial charge in [0.1, 0.15) is 12.3 Å². The second kappa shape index (κ2) is 8.32. The zero-order valence-corrected chi connectivity index (χ0v) is 18.5. The smallest absolute Gasteiger partial charge is 0.237 e. The average Bonchev–Trinajstić information content (AvgIpc) is 3.33. The lowest BCUT2D eigenvalue weighted by molar-refractivity contribution is 0.310. The normalized spacial score (nSPS) is 16.2. The van der Waals surface area contributed by atoms with Crippen molar-refractivity contribution in [2.75, 3.05) is 36.9 Å². The van der Waals surface area contributed by atoms with Crippen molar-refractivity contribution in [2.24, 2.45) is 0 Å². The molecule has 9 nitrogen and oxygen atoms in total. The molecule has 4 aromatic rings. The van der Waals surface area contributed by atoms with E-state index >= 15 is 0 Å². The van der Waals surface area contributed by atoms with Crippen molar-refractivity contribution < 1.29 is 4.74 Å². The molecule has 168 valence electrons. The van der Waals surface area contributed by atoms with Gasteiger partial charge in [0.05, 0.1) is 11.6 Å². The summed E-state index contributed by atoms with van der Waals surface area (Å²) in [6.45, 7) is 5.58. The van der Waals surface area contributed by atoms with Gasteiger partial charge in [-0.2, -0.15) is 5.10 Å². The van der Waals surface area contributed by atoms with Gasteiger partial charge in [-0.15, -0.1) is 0 Å². The van der Waals surface area contributed by atoms with Crippen LogP contribution in [0.2, 0.25) is 0 Å². The number of benzene rings is 1. The Morgan fingerprint density at radius 2 is 2.00 bits per heavy atom. The van der Waals surface area contributed by atoms with Gasteiger partial charge in [0.25, 0.3) is 0 Å². The van der Waals surface area contributed by atoms with Crippen molar-refractivity contribution in [3.8, 4) is 17.0 Å². The monoisotopic (exact) mass is 442 g/mol. The van der Waals surface area contributed by atoms with E-state index < -0.39 is 0 Å². The summed E-state index contributed by atoms with van der Waals surface area (Å²) in [5, 5.41) is 15.7. The van der Waals surface area contributed by atoms with Gasteiger partial charge in [-0.3, -0.25) is 4.68 Å². The topological polar surface area (TPSA) is 102 Å². The minimum absolute atomic E-state index is 0.440. The molecule has 0 saturated carbocycles. The lowest BCUT2D eigenvalue weighted by Gasteiger charge is -2.22. The van der Waals surface area contributed by atoms with E-state index in [0.29, 0.717) is 24.5 Å². The summed E-state index contributed by atoms with van der Waals surface area (Å²) < 4.78 is 7.71. The fourth-order valence-corrected chi connectivity index (χ4v) is 4.56. The third-order valence-corrected chi connectivity index (χ3v) is 6.37. The Labute approximate surface area is 191 Å². The molecule has 0 unspecified atom stereocenters. The van der Waals surface area contributed by atoms with Crippen LogP contribution in [0.5, 0.6) is 5.88 Å². The van der Waals surface area contributed by atoms with E-state index in [1.807, 2.05) is 35.4 Å². The molecule has 1 fully saturated rings. The summed E-state index contributed by atoms with van der Waals surface area (Å²) in [5.41, 5.74) is 5.07. The van der Waals surface area contributed by atoms with Crippen LogP contribution in [0, 0.1) is 6.92 Å². The molecule has 5 heterocycles. The zero-order valence-electron chi connectivity index (χ0n) is 18.5. The number of hydrogen-bond acceptors (Lipinski definition) is 8. The van der Waals surface area contributed by atoms with Crippen molar-refractivity contribution in [2.45, 2.75) is 25.8 Å². The van der Waals surface area contributed by atoms with Gasteiger partial charge in [-0.1, -0.05) is 12.1 Å². The van der Waals surface area contributed by atoms with Crippen molar-refractivity contribution in [3.63, 3.8) is 0 Å². The third-order valence-electron chi connectivity index (χ3n) is 6.37. The molecular formula is C24H26N8O. The van der Waals surface area contributed by atoms with Gasteiger partial charge in [0.2, 0.25) is 11.8 Å². The van der Waals surface area contributed by atoms with E-state index in [1.54, 1.807) is 0 Å². The second-order valence-electron chi connectivity index (χ2n) is 8.51. The first-order valence-corrected chi connectivity index (χ1v) is 11.4. The Hall–Kier alpha value is -3.72. The molecule has 0 spiro atoms. The maximum absolute atomic E-state index is 5.66. The highest BCUT2D eigenvalue weighted by molar-refractivity contribution is 5.86. The molecule has 33 heavy (non-hydrogen) atoms. The highest BCUT2D eigenvalue weighted by Gasteiger charge is 2.18. The molecule has 9 heteroatoms. The minimum atomic E-state index is 0.440. The number of pyridine rings is 1. The summed E-state index contributed by atoms with van der Waals surface area (Å²) in [6, 6.07) is 8.62. The Morgan fingerprint density at radius 1 is 1.09 bits per heavy atom. The quantitative estimate of drug-likeness (QED) is 0.440. The molecule has 3 N–H and O–H groups in total. The molecule has 2 aliphatic rings. The van der Waals surface area contributed by atoms with Crippen LogP contribution >= 0.6 is 0 Å². The van der Waals surface area contributed by atoms with Crippen LogP contribution in [-0.2, 0) is 0 Å². The summed E-state index contributed by atoms with van der Waals surface area (Å²) in [7, 11) is 0. The molecule has 0 amide bonds. The molecule has 0 atom stereocenters. The summed E-state index contributed by atoms with van der Waals surface area (Å²) in [6.07, 6.45) is 7.92. The van der Waals surface area contributed by atoms with Crippen LogP contribution in [0.4, 0.5) is 17.5 Å². The van der Waals surface area contributed by atoms with Crippen LogP contribution in [0.25, 0.3) is 22.0 Å². The lowest BCUT2D eigenvalue weighted by atomic mass is 10.00. The number of piperidine rings is 1. The Balaban J connectivity index is 1.28. The first-order valence-electron chi connectivity index (χ1n) is 11.4. The van der Waals surface area contributed by atoms with Crippen molar-refractivity contribution >= 4 is 28.4 Å². The molecule has 3 aromatic heterocycles. The minimum Gasteiger partial charge on any atom is -0.474 e. The Kier molecular flexibility index (Phi) is 5.03. The number of rotatable bonds is 4. The standard InChI is InChI=1S/C24H26N8O/c1-15-19(14-27-23-22(15)26-9-11-33-23)16-2-3-17-13-28-24(29-20(17)12-16)30-21-6-10-32(31-21)18-4-7-25-8-5-18/h2-3,6,10,12-14,18,25-26H,4-5,7-9,11H2,1H3,(H,28,29,30,31). The summed E-state index contributed by atoms with van der Waals surface area (Å²) in [4.78, 5) is 13.7. The molecule has 2 aliphatic heterocycles. The van der Waals surface area contributed by atoms with Gasteiger partial charge < -0.3 is 20.7 Å². The predicted octanol–water partition coefficient (Wildman–Crippen LogP) is 3.67. The number of hydrogen-bond donors (Lipinski definition) is 3. The number of nitrogens with zero attached hydrogens (tertiary/aromatic N) is 5. The number of ether oxygens (including phenoxy) is 1.